The van der Waals surface area contributed by atoms with Gasteiger partial charge in [0.1, 0.15) is 0 Å². The molecule has 0 aromatic rings. The zero-order valence-electron chi connectivity index (χ0n) is 9.62. The van der Waals surface area contributed by atoms with E-state index >= 15 is 0 Å². The zero-order chi connectivity index (χ0) is 10.8. The van der Waals surface area contributed by atoms with Crippen LogP contribution in [-0.2, 0) is 4.79 Å². The van der Waals surface area contributed by atoms with E-state index in [1.165, 1.54) is 13.1 Å². The third-order valence-electron chi connectivity index (χ3n) is 3.31. The molecule has 2 unspecified atom stereocenters. The summed E-state index contributed by atoms with van der Waals surface area (Å²) in [6, 6.07) is 0. The number of quaternary nitrogens is 1. The summed E-state index contributed by atoms with van der Waals surface area (Å²) in [4.78, 5) is 10.6. The molecular formula is C11H23N2O+. The van der Waals surface area contributed by atoms with E-state index in [2.05, 4.69) is 21.0 Å². The number of carbonyl (C=O) groups is 1. The molecule has 0 saturated carbocycles. The summed E-state index contributed by atoms with van der Waals surface area (Å²) < 4.78 is 1.13. The molecule has 1 heterocycles. The Morgan fingerprint density at radius 1 is 1.43 bits per heavy atom. The maximum atomic E-state index is 10.6. The molecule has 82 valence electrons. The van der Waals surface area contributed by atoms with Crippen molar-refractivity contribution in [1.82, 2.24) is 0 Å². The van der Waals surface area contributed by atoms with E-state index < -0.39 is 0 Å². The number of nitrogens with two attached hydrogens (primary N) is 1. The van der Waals surface area contributed by atoms with Crippen molar-refractivity contribution in [2.75, 3.05) is 27.2 Å². The molecule has 2 N–H and O–H groups in total. The Hall–Kier alpha value is -0.570. The lowest BCUT2D eigenvalue weighted by Crippen LogP contribution is -2.36. The molecule has 1 rings (SSSR count). The zero-order valence-corrected chi connectivity index (χ0v) is 9.62. The highest BCUT2D eigenvalue weighted by molar-refractivity contribution is 5.73. The summed E-state index contributed by atoms with van der Waals surface area (Å²) in [7, 11) is 4.56. The van der Waals surface area contributed by atoms with Crippen LogP contribution in [0, 0.1) is 11.8 Å². The molecule has 1 amide bonds. The molecule has 0 spiro atoms. The fourth-order valence-electron chi connectivity index (χ4n) is 2.73. The van der Waals surface area contributed by atoms with Gasteiger partial charge in [0.2, 0.25) is 5.91 Å². The van der Waals surface area contributed by atoms with Gasteiger partial charge in [-0.1, -0.05) is 6.92 Å². The van der Waals surface area contributed by atoms with Gasteiger partial charge in [-0.25, -0.2) is 0 Å². The number of rotatable bonds is 4. The molecule has 1 aliphatic rings. The Morgan fingerprint density at radius 2 is 2.07 bits per heavy atom. The minimum atomic E-state index is -0.163. The Morgan fingerprint density at radius 3 is 2.50 bits per heavy atom. The van der Waals surface area contributed by atoms with Gasteiger partial charge < -0.3 is 10.2 Å². The maximum absolute atomic E-state index is 10.6. The van der Waals surface area contributed by atoms with Crippen molar-refractivity contribution >= 4 is 5.91 Å². The number of carbonyl (C=O) groups excluding carboxylic acids is 1. The second-order valence-corrected chi connectivity index (χ2v) is 5.40. The minimum Gasteiger partial charge on any atom is -0.370 e. The fourth-order valence-corrected chi connectivity index (χ4v) is 2.73. The average Bonchev–Trinajstić information content (AvgIpc) is 2.24. The van der Waals surface area contributed by atoms with Crippen LogP contribution in [0.15, 0.2) is 0 Å². The van der Waals surface area contributed by atoms with E-state index in [1.807, 2.05) is 0 Å². The Kier molecular flexibility index (Phi) is 3.53. The minimum absolute atomic E-state index is 0.163. The summed E-state index contributed by atoms with van der Waals surface area (Å²) in [6.45, 7) is 4.84. The molecule has 0 aromatic heterocycles. The summed E-state index contributed by atoms with van der Waals surface area (Å²) >= 11 is 0. The van der Waals surface area contributed by atoms with Crippen molar-refractivity contribution in [3.05, 3.63) is 0 Å². The predicted molar refractivity (Wildman–Crippen MR) is 57.5 cm³/mol. The first kappa shape index (κ1) is 11.5. The first-order valence-corrected chi connectivity index (χ1v) is 5.51. The summed E-state index contributed by atoms with van der Waals surface area (Å²) in [5, 5.41) is 0. The smallest absolute Gasteiger partial charge is 0.217 e. The quantitative estimate of drug-likeness (QED) is 0.674. The van der Waals surface area contributed by atoms with Crippen LogP contribution in [0.1, 0.15) is 26.2 Å². The second-order valence-electron chi connectivity index (χ2n) is 5.40. The molecule has 0 bridgehead atoms. The molecule has 2 atom stereocenters. The largest absolute Gasteiger partial charge is 0.370 e. The average molecular weight is 199 g/mol. The normalized spacial score (nSPS) is 30.5. The van der Waals surface area contributed by atoms with Crippen LogP contribution in [0.25, 0.3) is 0 Å². The topological polar surface area (TPSA) is 43.1 Å². The van der Waals surface area contributed by atoms with Gasteiger partial charge in [-0.15, -0.1) is 0 Å². The molecule has 14 heavy (non-hydrogen) atoms. The molecule has 1 fully saturated rings. The number of primary amides is 1. The molecule has 1 aliphatic heterocycles. The van der Waals surface area contributed by atoms with Crippen LogP contribution in [0.4, 0.5) is 0 Å². The lowest BCUT2D eigenvalue weighted by atomic mass is 9.92. The third-order valence-corrected chi connectivity index (χ3v) is 3.31. The first-order valence-electron chi connectivity index (χ1n) is 5.51. The lowest BCUT2D eigenvalue weighted by molar-refractivity contribution is -0.880. The summed E-state index contributed by atoms with van der Waals surface area (Å²) in [6.07, 6.45) is 2.67. The number of hydrogen-bond donors (Lipinski definition) is 1. The fraction of sp³-hybridized carbons (Fsp3) is 0.909. The lowest BCUT2D eigenvalue weighted by Gasteiger charge is -2.23. The van der Waals surface area contributed by atoms with Gasteiger partial charge in [-0.2, -0.15) is 0 Å². The van der Waals surface area contributed by atoms with Gasteiger partial charge in [0.15, 0.2) is 0 Å². The highest BCUT2D eigenvalue weighted by atomic mass is 16.1. The van der Waals surface area contributed by atoms with Gasteiger partial charge in [0.05, 0.1) is 27.2 Å². The van der Waals surface area contributed by atoms with Gasteiger partial charge in [0.25, 0.3) is 0 Å². The Balaban J connectivity index is 2.29. The van der Waals surface area contributed by atoms with Crippen LogP contribution in [0.5, 0.6) is 0 Å². The van der Waals surface area contributed by atoms with Crippen LogP contribution in [0.2, 0.25) is 0 Å². The van der Waals surface area contributed by atoms with Crippen LogP contribution >= 0.6 is 0 Å². The number of likely N-dealkylation sites (tertiary alicyclic amines) is 1. The van der Waals surface area contributed by atoms with Crippen molar-refractivity contribution in [1.29, 1.82) is 0 Å². The molecule has 3 nitrogen and oxygen atoms in total. The number of nitrogens with zero attached hydrogens (tertiary/aromatic N) is 1. The molecule has 0 aliphatic carbocycles. The molecular weight excluding hydrogens is 176 g/mol. The van der Waals surface area contributed by atoms with Crippen molar-refractivity contribution < 1.29 is 9.28 Å². The first-order chi connectivity index (χ1) is 6.41. The van der Waals surface area contributed by atoms with Gasteiger partial charge >= 0.3 is 0 Å². The van der Waals surface area contributed by atoms with Crippen LogP contribution < -0.4 is 5.73 Å². The van der Waals surface area contributed by atoms with Crippen molar-refractivity contribution in [3.63, 3.8) is 0 Å². The van der Waals surface area contributed by atoms with E-state index in [1.54, 1.807) is 0 Å². The van der Waals surface area contributed by atoms with E-state index in [0.717, 1.165) is 29.2 Å². The van der Waals surface area contributed by atoms with E-state index in [-0.39, 0.29) is 5.91 Å². The predicted octanol–water partition coefficient (Wildman–Crippen LogP) is 0.984. The molecule has 0 aromatic carbocycles. The summed E-state index contributed by atoms with van der Waals surface area (Å²) in [5.41, 5.74) is 5.12. The third kappa shape index (κ3) is 3.29. The highest BCUT2D eigenvalue weighted by Crippen LogP contribution is 2.29. The van der Waals surface area contributed by atoms with Crippen molar-refractivity contribution in [2.24, 2.45) is 17.6 Å². The number of amides is 1. The van der Waals surface area contributed by atoms with Crippen molar-refractivity contribution in [2.45, 2.75) is 26.2 Å². The van der Waals surface area contributed by atoms with E-state index in [9.17, 15) is 4.79 Å². The maximum Gasteiger partial charge on any atom is 0.217 e. The van der Waals surface area contributed by atoms with E-state index in [0.29, 0.717) is 6.42 Å². The van der Waals surface area contributed by atoms with Gasteiger partial charge in [-0.3, -0.25) is 4.79 Å². The van der Waals surface area contributed by atoms with Gasteiger partial charge in [-0.05, 0) is 12.8 Å². The Bertz CT molecular complexity index is 213. The van der Waals surface area contributed by atoms with Crippen LogP contribution in [0.3, 0.4) is 0 Å². The monoisotopic (exact) mass is 199 g/mol. The SMILES string of the molecule is CC1C[N+](C)(C)CC1CCCC(N)=O. The Labute approximate surface area is 86.9 Å². The van der Waals surface area contributed by atoms with Crippen LogP contribution in [-0.4, -0.2) is 37.6 Å². The molecule has 0 radical (unpaired) electrons. The number of hydrogen-bond acceptors (Lipinski definition) is 1. The standard InChI is InChI=1S/C11H22N2O/c1-9-7-13(2,3)8-10(9)5-4-6-11(12)14/h9-10H,4-8H2,1-3H3,(H-,12,14)/p+1. The summed E-state index contributed by atoms with van der Waals surface area (Å²) in [5.74, 6) is 1.41. The molecule has 1 saturated heterocycles. The second kappa shape index (κ2) is 4.30. The van der Waals surface area contributed by atoms with Gasteiger partial charge in [0, 0.05) is 18.3 Å². The molecule has 3 heteroatoms. The van der Waals surface area contributed by atoms with E-state index in [4.69, 9.17) is 5.73 Å². The van der Waals surface area contributed by atoms with Crippen molar-refractivity contribution in [3.8, 4) is 0 Å². The highest BCUT2D eigenvalue weighted by Gasteiger charge is 2.36.